The first-order valence-electron chi connectivity index (χ1n) is 5.96. The zero-order chi connectivity index (χ0) is 13.0. The van der Waals surface area contributed by atoms with Crippen LogP contribution in [0.15, 0.2) is 48.8 Å². The Labute approximate surface area is 119 Å². The van der Waals surface area contributed by atoms with Crippen LogP contribution in [0.3, 0.4) is 0 Å². The van der Waals surface area contributed by atoms with Gasteiger partial charge in [0.15, 0.2) is 12.4 Å². The molecule has 0 unspecified atom stereocenters. The maximum absolute atomic E-state index is 11.8. The Balaban J connectivity index is 0.00000180. The summed E-state index contributed by atoms with van der Waals surface area (Å²) in [7, 11) is 0. The molecule has 0 saturated carbocycles. The first kappa shape index (κ1) is 15.2. The average Bonchev–Trinajstić information content (AvgIpc) is 2.35. The van der Waals surface area contributed by atoms with Gasteiger partial charge in [0.05, 0.1) is 0 Å². The number of nitrogens with one attached hydrogen (secondary N) is 1. The van der Waals surface area contributed by atoms with Crippen molar-refractivity contribution in [2.45, 2.75) is 20.4 Å². The maximum Gasteiger partial charge on any atom is 0.290 e. The summed E-state index contributed by atoms with van der Waals surface area (Å²) in [4.78, 5) is 11.8. The topological polar surface area (TPSA) is 33.0 Å². The van der Waals surface area contributed by atoms with Crippen molar-refractivity contribution in [2.75, 3.05) is 5.32 Å². The van der Waals surface area contributed by atoms with Crippen molar-refractivity contribution >= 4 is 11.6 Å². The minimum absolute atomic E-state index is 0. The quantitative estimate of drug-likeness (QED) is 0.734. The molecule has 1 amide bonds. The van der Waals surface area contributed by atoms with E-state index in [2.05, 4.69) is 12.2 Å². The van der Waals surface area contributed by atoms with Crippen molar-refractivity contribution in [3.8, 4) is 0 Å². The first-order chi connectivity index (χ1) is 8.65. The van der Waals surface area contributed by atoms with Gasteiger partial charge in [0, 0.05) is 17.8 Å². The van der Waals surface area contributed by atoms with Crippen molar-refractivity contribution in [3.05, 3.63) is 59.9 Å². The van der Waals surface area contributed by atoms with Gasteiger partial charge in [0.25, 0.3) is 5.91 Å². The van der Waals surface area contributed by atoms with E-state index in [1.54, 1.807) is 0 Å². The van der Waals surface area contributed by atoms with Crippen molar-refractivity contribution in [3.63, 3.8) is 0 Å². The first-order valence-corrected chi connectivity index (χ1v) is 5.96. The number of hydrogen-bond donors (Lipinski definition) is 1. The molecular weight excluding hydrogens is 260 g/mol. The summed E-state index contributed by atoms with van der Waals surface area (Å²) in [6.45, 7) is 4.42. The van der Waals surface area contributed by atoms with Crippen molar-refractivity contribution in [2.24, 2.45) is 0 Å². The molecule has 0 aliphatic rings. The predicted octanol–water partition coefficient (Wildman–Crippen LogP) is -0.766. The Morgan fingerprint density at radius 2 is 1.79 bits per heavy atom. The number of halogens is 1. The molecule has 1 aromatic heterocycles. The van der Waals surface area contributed by atoms with Crippen LogP contribution in [0.2, 0.25) is 0 Å². The molecule has 100 valence electrons. The highest BCUT2D eigenvalue weighted by atomic mass is 35.5. The predicted molar refractivity (Wildman–Crippen MR) is 71.2 cm³/mol. The minimum atomic E-state index is -0.0190. The van der Waals surface area contributed by atoms with Gasteiger partial charge in [-0.15, -0.1) is 0 Å². The molecule has 1 N–H and O–H groups in total. The van der Waals surface area contributed by atoms with Gasteiger partial charge in [-0.25, -0.2) is 0 Å². The lowest BCUT2D eigenvalue weighted by molar-refractivity contribution is -0.684. The van der Waals surface area contributed by atoms with Gasteiger partial charge in [-0.05, 0) is 37.1 Å². The summed E-state index contributed by atoms with van der Waals surface area (Å²) in [5.41, 5.74) is 3.25. The third kappa shape index (κ3) is 4.38. The summed E-state index contributed by atoms with van der Waals surface area (Å²) in [6.07, 6.45) is 3.75. The van der Waals surface area contributed by atoms with E-state index in [-0.39, 0.29) is 18.3 Å². The normalized spacial score (nSPS) is 9.58. The molecule has 19 heavy (non-hydrogen) atoms. The third-order valence-electron chi connectivity index (χ3n) is 2.89. The molecule has 0 spiro atoms. The molecule has 0 atom stereocenters. The number of aryl methyl sites for hydroxylation is 2. The van der Waals surface area contributed by atoms with Crippen LogP contribution in [0.5, 0.6) is 0 Å². The number of anilines is 1. The molecule has 1 aromatic carbocycles. The number of rotatable bonds is 3. The molecule has 2 aromatic rings. The molecule has 0 fully saturated rings. The molecule has 0 aliphatic heterocycles. The van der Waals surface area contributed by atoms with E-state index in [1.807, 2.05) is 60.3 Å². The molecule has 3 nitrogen and oxygen atoms in total. The number of nitrogens with zero attached hydrogens (tertiary/aromatic N) is 1. The van der Waals surface area contributed by atoms with Crippen LogP contribution in [-0.2, 0) is 11.3 Å². The number of hydrogen-bond acceptors (Lipinski definition) is 1. The lowest BCUT2D eigenvalue weighted by atomic mass is 10.1. The molecule has 4 heteroatoms. The highest BCUT2D eigenvalue weighted by molar-refractivity contribution is 5.89. The van der Waals surface area contributed by atoms with Crippen LogP contribution < -0.4 is 22.3 Å². The van der Waals surface area contributed by atoms with E-state index in [0.29, 0.717) is 6.54 Å². The summed E-state index contributed by atoms with van der Waals surface area (Å²) in [5.74, 6) is -0.0190. The second kappa shape index (κ2) is 6.90. The molecule has 1 heterocycles. The summed E-state index contributed by atoms with van der Waals surface area (Å²) < 4.78 is 1.84. The Bertz CT molecular complexity index is 555. The van der Waals surface area contributed by atoms with Crippen LogP contribution in [-0.4, -0.2) is 5.91 Å². The second-order valence-electron chi connectivity index (χ2n) is 4.40. The van der Waals surface area contributed by atoms with Crippen molar-refractivity contribution in [1.29, 1.82) is 0 Å². The molecule has 0 saturated heterocycles. The minimum Gasteiger partial charge on any atom is -1.00 e. The Morgan fingerprint density at radius 1 is 1.11 bits per heavy atom. The molecule has 0 bridgehead atoms. The van der Waals surface area contributed by atoms with Gasteiger partial charge in [-0.1, -0.05) is 12.1 Å². The summed E-state index contributed by atoms with van der Waals surface area (Å²) in [5, 5.41) is 2.90. The number of benzene rings is 1. The van der Waals surface area contributed by atoms with Crippen molar-refractivity contribution < 1.29 is 21.8 Å². The van der Waals surface area contributed by atoms with Gasteiger partial charge in [0.2, 0.25) is 6.54 Å². The standard InChI is InChI=1S/C15H16N2O.ClH/c1-12-6-7-14(10-13(12)2)16-15(18)11-17-8-4-3-5-9-17;/h3-10H,11H2,1-2H3;1H. The Morgan fingerprint density at radius 3 is 2.42 bits per heavy atom. The molecule has 2 rings (SSSR count). The number of aromatic nitrogens is 1. The number of carbonyl (C=O) groups excluding carboxylic acids is 1. The van der Waals surface area contributed by atoms with Crippen LogP contribution in [0, 0.1) is 13.8 Å². The summed E-state index contributed by atoms with van der Waals surface area (Å²) >= 11 is 0. The van der Waals surface area contributed by atoms with E-state index in [4.69, 9.17) is 0 Å². The Hall–Kier alpha value is -1.87. The van der Waals surface area contributed by atoms with Gasteiger partial charge >= 0.3 is 0 Å². The van der Waals surface area contributed by atoms with Crippen LogP contribution in [0.1, 0.15) is 11.1 Å². The van der Waals surface area contributed by atoms with E-state index >= 15 is 0 Å². The lowest BCUT2D eigenvalue weighted by Crippen LogP contribution is -3.00. The van der Waals surface area contributed by atoms with E-state index in [0.717, 1.165) is 5.69 Å². The van der Waals surface area contributed by atoms with E-state index in [1.165, 1.54) is 11.1 Å². The SMILES string of the molecule is Cc1ccc(NC(=O)C[n+]2ccccc2)cc1C.[Cl-]. The van der Waals surface area contributed by atoms with Crippen LogP contribution in [0.4, 0.5) is 5.69 Å². The molecule has 0 radical (unpaired) electrons. The highest BCUT2D eigenvalue weighted by Gasteiger charge is 2.08. The maximum atomic E-state index is 11.8. The fourth-order valence-corrected chi connectivity index (χ4v) is 1.73. The van der Waals surface area contributed by atoms with Gasteiger partial charge < -0.3 is 17.7 Å². The van der Waals surface area contributed by atoms with Gasteiger partial charge in [0.1, 0.15) is 0 Å². The monoisotopic (exact) mass is 276 g/mol. The average molecular weight is 277 g/mol. The van der Waals surface area contributed by atoms with Gasteiger partial charge in [-0.2, -0.15) is 4.57 Å². The summed E-state index contributed by atoms with van der Waals surface area (Å²) in [6, 6.07) is 11.7. The van der Waals surface area contributed by atoms with Gasteiger partial charge in [-0.3, -0.25) is 4.79 Å². The Kier molecular flexibility index (Phi) is 5.52. The largest absolute Gasteiger partial charge is 1.00 e. The van der Waals surface area contributed by atoms with E-state index < -0.39 is 0 Å². The fraction of sp³-hybridized carbons (Fsp3) is 0.200. The van der Waals surface area contributed by atoms with Crippen LogP contribution in [0.25, 0.3) is 0 Å². The second-order valence-corrected chi connectivity index (χ2v) is 4.40. The third-order valence-corrected chi connectivity index (χ3v) is 2.89. The lowest BCUT2D eigenvalue weighted by Gasteiger charge is -2.06. The number of pyridine rings is 1. The molecular formula is C15H17ClN2O. The number of amides is 1. The van der Waals surface area contributed by atoms with Crippen LogP contribution >= 0.6 is 0 Å². The highest BCUT2D eigenvalue weighted by Crippen LogP contribution is 2.13. The smallest absolute Gasteiger partial charge is 0.290 e. The molecule has 0 aliphatic carbocycles. The number of carbonyl (C=O) groups is 1. The zero-order valence-corrected chi connectivity index (χ0v) is 11.8. The fourth-order valence-electron chi connectivity index (χ4n) is 1.73. The van der Waals surface area contributed by atoms with E-state index in [9.17, 15) is 4.79 Å². The zero-order valence-electron chi connectivity index (χ0n) is 11.1. The van der Waals surface area contributed by atoms with Crippen molar-refractivity contribution in [1.82, 2.24) is 0 Å².